The van der Waals surface area contributed by atoms with Gasteiger partial charge in [0.2, 0.25) is 5.91 Å². The van der Waals surface area contributed by atoms with Crippen molar-refractivity contribution in [3.05, 3.63) is 28.0 Å². The van der Waals surface area contributed by atoms with Crippen molar-refractivity contribution in [1.82, 2.24) is 5.32 Å². The number of carbonyl (C=O) groups excluding carboxylic acids is 1. The van der Waals surface area contributed by atoms with E-state index in [-0.39, 0.29) is 4.47 Å². The predicted molar refractivity (Wildman–Crippen MR) is 71.7 cm³/mol. The molecule has 1 aromatic carbocycles. The Kier molecular flexibility index (Phi) is 5.40. The van der Waals surface area contributed by atoms with Gasteiger partial charge in [0.15, 0.2) is 15.7 Å². The number of halogens is 2. The Balaban J connectivity index is 3.24. The number of aromatic carboxylic acids is 1. The van der Waals surface area contributed by atoms with E-state index in [1.807, 2.05) is 5.32 Å². The van der Waals surface area contributed by atoms with Gasteiger partial charge in [-0.3, -0.25) is 4.79 Å². The van der Waals surface area contributed by atoms with Crippen molar-refractivity contribution >= 4 is 37.6 Å². The van der Waals surface area contributed by atoms with Crippen LogP contribution in [0.5, 0.6) is 0 Å². The zero-order valence-corrected chi connectivity index (χ0v) is 12.7. The van der Waals surface area contributed by atoms with E-state index < -0.39 is 50.3 Å². The standard InChI is InChI=1S/C11H8BrFN2O5S/c12-6-3-7(11(17)18)10(13)8(4-6)21(19,20)5-9(16)15-2-1-14/h3-4H,2,5H2,(H,15,16)(H,17,18). The second-order valence-corrected chi connectivity index (χ2v) is 6.64. The van der Waals surface area contributed by atoms with Crippen LogP contribution in [0.3, 0.4) is 0 Å². The van der Waals surface area contributed by atoms with E-state index >= 15 is 0 Å². The van der Waals surface area contributed by atoms with Crippen molar-refractivity contribution in [2.24, 2.45) is 0 Å². The summed E-state index contributed by atoms with van der Waals surface area (Å²) in [5.74, 6) is -5.17. The highest BCUT2D eigenvalue weighted by molar-refractivity contribution is 9.10. The van der Waals surface area contributed by atoms with E-state index in [9.17, 15) is 22.4 Å². The molecule has 0 aromatic heterocycles. The van der Waals surface area contributed by atoms with Crippen molar-refractivity contribution in [3.63, 3.8) is 0 Å². The maximum Gasteiger partial charge on any atom is 0.338 e. The number of hydrogen-bond acceptors (Lipinski definition) is 5. The highest BCUT2D eigenvalue weighted by Gasteiger charge is 2.27. The fraction of sp³-hybridized carbons (Fsp3) is 0.182. The fourth-order valence-electron chi connectivity index (χ4n) is 1.39. The molecule has 112 valence electrons. The zero-order chi connectivity index (χ0) is 16.2. The third-order valence-corrected chi connectivity index (χ3v) is 4.32. The molecule has 1 rings (SSSR count). The molecule has 2 N–H and O–H groups in total. The van der Waals surface area contributed by atoms with Crippen LogP contribution in [0.15, 0.2) is 21.5 Å². The van der Waals surface area contributed by atoms with Gasteiger partial charge in [-0.05, 0) is 12.1 Å². The maximum atomic E-state index is 13.9. The molecular formula is C11H8BrFN2O5S. The molecule has 21 heavy (non-hydrogen) atoms. The van der Waals surface area contributed by atoms with Crippen molar-refractivity contribution < 1.29 is 27.5 Å². The number of carboxylic acid groups (broad SMARTS) is 1. The Morgan fingerprint density at radius 3 is 2.57 bits per heavy atom. The summed E-state index contributed by atoms with van der Waals surface area (Å²) in [6.45, 7) is -0.393. The van der Waals surface area contributed by atoms with Gasteiger partial charge >= 0.3 is 5.97 Å². The van der Waals surface area contributed by atoms with Gasteiger partial charge in [-0.1, -0.05) is 15.9 Å². The van der Waals surface area contributed by atoms with E-state index in [0.29, 0.717) is 0 Å². The van der Waals surface area contributed by atoms with Crippen molar-refractivity contribution in [1.29, 1.82) is 5.26 Å². The number of carboxylic acids is 1. The molecule has 0 aliphatic heterocycles. The van der Waals surface area contributed by atoms with Gasteiger partial charge in [-0.15, -0.1) is 0 Å². The molecule has 0 unspecified atom stereocenters. The van der Waals surface area contributed by atoms with Gasteiger partial charge in [-0.2, -0.15) is 5.26 Å². The fourth-order valence-corrected chi connectivity index (χ4v) is 3.29. The van der Waals surface area contributed by atoms with Crippen LogP contribution in [0.4, 0.5) is 4.39 Å². The summed E-state index contributed by atoms with van der Waals surface area (Å²) in [7, 11) is -4.39. The molecule has 0 bridgehead atoms. The topological polar surface area (TPSA) is 124 Å². The quantitative estimate of drug-likeness (QED) is 0.726. The van der Waals surface area contributed by atoms with E-state index in [1.54, 1.807) is 6.07 Å². The van der Waals surface area contributed by atoms with E-state index in [1.165, 1.54) is 0 Å². The van der Waals surface area contributed by atoms with Crippen LogP contribution in [-0.2, 0) is 14.6 Å². The molecule has 0 aliphatic rings. The van der Waals surface area contributed by atoms with Crippen LogP contribution in [0.2, 0.25) is 0 Å². The number of carbonyl (C=O) groups is 2. The van der Waals surface area contributed by atoms with Crippen LogP contribution in [-0.4, -0.2) is 37.7 Å². The van der Waals surface area contributed by atoms with Gasteiger partial charge in [0.05, 0.1) is 11.6 Å². The van der Waals surface area contributed by atoms with E-state index in [0.717, 1.165) is 12.1 Å². The number of nitrogens with one attached hydrogen (secondary N) is 1. The minimum atomic E-state index is -4.39. The van der Waals surface area contributed by atoms with Crippen LogP contribution in [0.1, 0.15) is 10.4 Å². The largest absolute Gasteiger partial charge is 0.478 e. The van der Waals surface area contributed by atoms with Crippen molar-refractivity contribution in [2.45, 2.75) is 4.90 Å². The van der Waals surface area contributed by atoms with Gasteiger partial charge in [0, 0.05) is 4.47 Å². The minimum Gasteiger partial charge on any atom is -0.478 e. The number of benzene rings is 1. The molecule has 1 amide bonds. The molecule has 0 saturated carbocycles. The number of amides is 1. The molecule has 0 atom stereocenters. The molecule has 0 spiro atoms. The Bertz CT molecular complexity index is 742. The van der Waals surface area contributed by atoms with Gasteiger partial charge < -0.3 is 10.4 Å². The van der Waals surface area contributed by atoms with Crippen LogP contribution in [0, 0.1) is 17.1 Å². The van der Waals surface area contributed by atoms with Crippen LogP contribution in [0.25, 0.3) is 0 Å². The number of hydrogen-bond donors (Lipinski definition) is 2. The van der Waals surface area contributed by atoms with Gasteiger partial charge in [0.25, 0.3) is 0 Å². The van der Waals surface area contributed by atoms with Crippen molar-refractivity contribution in [2.75, 3.05) is 12.3 Å². The molecule has 10 heteroatoms. The molecular weight excluding hydrogens is 371 g/mol. The Labute approximate surface area is 127 Å². The third kappa shape index (κ3) is 4.24. The molecule has 0 fully saturated rings. The Morgan fingerprint density at radius 2 is 2.05 bits per heavy atom. The zero-order valence-electron chi connectivity index (χ0n) is 10.3. The smallest absolute Gasteiger partial charge is 0.338 e. The molecule has 0 heterocycles. The summed E-state index contributed by atoms with van der Waals surface area (Å²) in [4.78, 5) is 21.3. The summed E-state index contributed by atoms with van der Waals surface area (Å²) < 4.78 is 37.9. The van der Waals surface area contributed by atoms with E-state index in [2.05, 4.69) is 15.9 Å². The summed E-state index contributed by atoms with van der Waals surface area (Å²) in [5, 5.41) is 19.1. The molecule has 0 saturated heterocycles. The summed E-state index contributed by atoms with van der Waals surface area (Å²) in [5.41, 5.74) is -0.833. The van der Waals surface area contributed by atoms with Crippen LogP contribution < -0.4 is 5.32 Å². The third-order valence-electron chi connectivity index (χ3n) is 2.26. The number of nitrogens with zero attached hydrogens (tertiary/aromatic N) is 1. The first-order valence-corrected chi connectivity index (χ1v) is 7.72. The SMILES string of the molecule is N#CCNC(=O)CS(=O)(=O)c1cc(Br)cc(C(=O)O)c1F. The first-order chi connectivity index (χ1) is 9.69. The number of rotatable bonds is 5. The van der Waals surface area contributed by atoms with Crippen molar-refractivity contribution in [3.8, 4) is 6.07 Å². The van der Waals surface area contributed by atoms with Crippen LogP contribution >= 0.6 is 15.9 Å². The number of nitriles is 1. The van der Waals surface area contributed by atoms with E-state index in [4.69, 9.17) is 10.4 Å². The second-order valence-electron chi connectivity index (χ2n) is 3.76. The summed E-state index contributed by atoms with van der Waals surface area (Å²) >= 11 is 2.88. The normalized spacial score (nSPS) is 10.7. The Morgan fingerprint density at radius 1 is 1.43 bits per heavy atom. The lowest BCUT2D eigenvalue weighted by atomic mass is 10.2. The Hall–Kier alpha value is -1.99. The van der Waals surface area contributed by atoms with Gasteiger partial charge in [-0.25, -0.2) is 17.6 Å². The lowest BCUT2D eigenvalue weighted by Gasteiger charge is -2.08. The van der Waals surface area contributed by atoms with Gasteiger partial charge in [0.1, 0.15) is 17.2 Å². The highest BCUT2D eigenvalue weighted by Crippen LogP contribution is 2.25. The molecule has 7 nitrogen and oxygen atoms in total. The molecule has 1 aromatic rings. The maximum absolute atomic E-state index is 13.9. The summed E-state index contributed by atoms with van der Waals surface area (Å²) in [6, 6.07) is 3.36. The lowest BCUT2D eigenvalue weighted by molar-refractivity contribution is -0.118. The monoisotopic (exact) mass is 378 g/mol. The average Bonchev–Trinajstić information content (AvgIpc) is 2.37. The highest BCUT2D eigenvalue weighted by atomic mass is 79.9. The first kappa shape index (κ1) is 17.1. The first-order valence-electron chi connectivity index (χ1n) is 5.27. The molecule has 0 radical (unpaired) electrons. The number of sulfone groups is 1. The summed E-state index contributed by atoms with van der Waals surface area (Å²) in [6.07, 6.45) is 0. The second kappa shape index (κ2) is 6.64. The lowest BCUT2D eigenvalue weighted by Crippen LogP contribution is -2.31. The predicted octanol–water partition coefficient (Wildman–Crippen LogP) is 0.700. The minimum absolute atomic E-state index is 0.0392. The molecule has 0 aliphatic carbocycles. The average molecular weight is 379 g/mol.